The van der Waals surface area contributed by atoms with Gasteiger partial charge in [0.05, 0.1) is 0 Å². The molecule has 0 bridgehead atoms. The summed E-state index contributed by atoms with van der Waals surface area (Å²) in [6.45, 7) is 4.38. The van der Waals surface area contributed by atoms with E-state index in [1.807, 2.05) is 18.2 Å². The third kappa shape index (κ3) is 3.21. The zero-order valence-electron chi connectivity index (χ0n) is 9.67. The molecule has 1 saturated heterocycles. The van der Waals surface area contributed by atoms with Crippen molar-refractivity contribution < 1.29 is 0 Å². The van der Waals surface area contributed by atoms with Gasteiger partial charge in [0.1, 0.15) is 0 Å². The standard InChI is InChI=1S/C13H19ClN2/c1-10(11-4-2-5-12(14)8-11)16-9-13-6-3-7-15-13/h2,4-5,8,10,13,15-16H,3,6-7,9H2,1H3/t10-,13?/m1/s1. The van der Waals surface area contributed by atoms with Crippen LogP contribution in [-0.4, -0.2) is 19.1 Å². The van der Waals surface area contributed by atoms with Crippen LogP contribution in [0.15, 0.2) is 24.3 Å². The van der Waals surface area contributed by atoms with Crippen LogP contribution in [0.5, 0.6) is 0 Å². The first-order valence-corrected chi connectivity index (χ1v) is 6.36. The van der Waals surface area contributed by atoms with E-state index in [9.17, 15) is 0 Å². The van der Waals surface area contributed by atoms with Crippen LogP contribution >= 0.6 is 11.6 Å². The molecule has 88 valence electrons. The molecule has 1 aliphatic rings. The van der Waals surface area contributed by atoms with E-state index in [1.165, 1.54) is 18.4 Å². The van der Waals surface area contributed by atoms with Crippen LogP contribution in [-0.2, 0) is 0 Å². The van der Waals surface area contributed by atoms with E-state index in [2.05, 4.69) is 23.6 Å². The first kappa shape index (κ1) is 11.9. The number of benzene rings is 1. The lowest BCUT2D eigenvalue weighted by Gasteiger charge is -2.18. The van der Waals surface area contributed by atoms with Gasteiger partial charge in [-0.3, -0.25) is 0 Å². The van der Waals surface area contributed by atoms with Gasteiger partial charge in [0.2, 0.25) is 0 Å². The Balaban J connectivity index is 1.85. The predicted molar refractivity (Wildman–Crippen MR) is 68.9 cm³/mol. The molecule has 3 heteroatoms. The highest BCUT2D eigenvalue weighted by atomic mass is 35.5. The molecule has 16 heavy (non-hydrogen) atoms. The SMILES string of the molecule is C[C@@H](NCC1CCCN1)c1cccc(Cl)c1. The maximum Gasteiger partial charge on any atom is 0.0409 e. The van der Waals surface area contributed by atoms with Gasteiger partial charge in [-0.05, 0) is 44.0 Å². The molecule has 1 heterocycles. The highest BCUT2D eigenvalue weighted by Crippen LogP contribution is 2.17. The normalized spacial score (nSPS) is 22.2. The van der Waals surface area contributed by atoms with Gasteiger partial charge < -0.3 is 10.6 Å². The molecule has 1 fully saturated rings. The van der Waals surface area contributed by atoms with Crippen LogP contribution in [0.25, 0.3) is 0 Å². The van der Waals surface area contributed by atoms with Gasteiger partial charge in [0.15, 0.2) is 0 Å². The van der Waals surface area contributed by atoms with E-state index in [1.54, 1.807) is 0 Å². The molecular formula is C13H19ClN2. The molecule has 2 rings (SSSR count). The number of hydrogen-bond acceptors (Lipinski definition) is 2. The Morgan fingerprint density at radius 1 is 1.56 bits per heavy atom. The minimum atomic E-state index is 0.362. The van der Waals surface area contributed by atoms with Crippen molar-refractivity contribution >= 4 is 11.6 Å². The summed E-state index contributed by atoms with van der Waals surface area (Å²) in [7, 11) is 0. The minimum Gasteiger partial charge on any atom is -0.313 e. The average Bonchev–Trinajstić information content (AvgIpc) is 2.78. The summed E-state index contributed by atoms with van der Waals surface area (Å²) in [5.41, 5.74) is 1.26. The molecule has 2 N–H and O–H groups in total. The minimum absolute atomic E-state index is 0.362. The van der Waals surface area contributed by atoms with Gasteiger partial charge in [-0.25, -0.2) is 0 Å². The lowest BCUT2D eigenvalue weighted by molar-refractivity contribution is 0.490. The van der Waals surface area contributed by atoms with Crippen LogP contribution in [0.3, 0.4) is 0 Å². The van der Waals surface area contributed by atoms with E-state index >= 15 is 0 Å². The summed E-state index contributed by atoms with van der Waals surface area (Å²) >= 11 is 5.98. The van der Waals surface area contributed by atoms with Crippen molar-refractivity contribution in [2.75, 3.05) is 13.1 Å². The number of rotatable bonds is 4. The van der Waals surface area contributed by atoms with Gasteiger partial charge in [-0.15, -0.1) is 0 Å². The van der Waals surface area contributed by atoms with E-state index in [0.29, 0.717) is 12.1 Å². The van der Waals surface area contributed by atoms with Crippen molar-refractivity contribution in [3.8, 4) is 0 Å². The Morgan fingerprint density at radius 2 is 2.44 bits per heavy atom. The zero-order chi connectivity index (χ0) is 11.4. The van der Waals surface area contributed by atoms with Gasteiger partial charge in [-0.2, -0.15) is 0 Å². The summed E-state index contributed by atoms with van der Waals surface area (Å²) in [5.74, 6) is 0. The van der Waals surface area contributed by atoms with Gasteiger partial charge >= 0.3 is 0 Å². The predicted octanol–water partition coefficient (Wildman–Crippen LogP) is 2.74. The van der Waals surface area contributed by atoms with Crippen molar-refractivity contribution in [2.45, 2.75) is 31.8 Å². The first-order chi connectivity index (χ1) is 7.75. The number of halogens is 1. The fourth-order valence-electron chi connectivity index (χ4n) is 2.14. The second-order valence-electron chi connectivity index (χ2n) is 4.48. The quantitative estimate of drug-likeness (QED) is 0.843. The lowest BCUT2D eigenvalue weighted by Crippen LogP contribution is -2.35. The summed E-state index contributed by atoms with van der Waals surface area (Å²) < 4.78 is 0. The molecule has 1 aromatic carbocycles. The molecule has 0 aliphatic carbocycles. The highest BCUT2D eigenvalue weighted by molar-refractivity contribution is 6.30. The second-order valence-corrected chi connectivity index (χ2v) is 4.91. The van der Waals surface area contributed by atoms with Crippen molar-refractivity contribution in [3.05, 3.63) is 34.9 Å². The monoisotopic (exact) mass is 238 g/mol. The van der Waals surface area contributed by atoms with E-state index in [0.717, 1.165) is 18.1 Å². The van der Waals surface area contributed by atoms with E-state index in [4.69, 9.17) is 11.6 Å². The molecule has 1 aliphatic heterocycles. The van der Waals surface area contributed by atoms with Crippen molar-refractivity contribution in [2.24, 2.45) is 0 Å². The number of nitrogens with one attached hydrogen (secondary N) is 2. The molecule has 0 radical (unpaired) electrons. The van der Waals surface area contributed by atoms with Gasteiger partial charge in [0.25, 0.3) is 0 Å². The summed E-state index contributed by atoms with van der Waals surface area (Å²) in [4.78, 5) is 0. The fourth-order valence-corrected chi connectivity index (χ4v) is 2.34. The average molecular weight is 239 g/mol. The Hall–Kier alpha value is -0.570. The molecule has 1 aromatic rings. The van der Waals surface area contributed by atoms with Crippen molar-refractivity contribution in [3.63, 3.8) is 0 Å². The Kier molecular flexibility index (Phi) is 4.22. The Labute approximate surface area is 102 Å². The molecule has 0 aromatic heterocycles. The molecule has 0 amide bonds. The van der Waals surface area contributed by atoms with Crippen molar-refractivity contribution in [1.29, 1.82) is 0 Å². The molecule has 0 spiro atoms. The summed E-state index contributed by atoms with van der Waals surface area (Å²) in [6.07, 6.45) is 2.59. The molecule has 2 atom stereocenters. The van der Waals surface area contributed by atoms with Gasteiger partial charge in [0, 0.05) is 23.7 Å². The van der Waals surface area contributed by atoms with Crippen LogP contribution in [0.4, 0.5) is 0 Å². The Bertz CT molecular complexity index is 334. The summed E-state index contributed by atoms with van der Waals surface area (Å²) in [6, 6.07) is 9.06. The van der Waals surface area contributed by atoms with Crippen LogP contribution in [0, 0.1) is 0 Å². The molecular weight excluding hydrogens is 220 g/mol. The molecule has 0 saturated carbocycles. The van der Waals surface area contributed by atoms with Crippen molar-refractivity contribution in [1.82, 2.24) is 10.6 Å². The summed E-state index contributed by atoms with van der Waals surface area (Å²) in [5, 5.41) is 7.84. The number of hydrogen-bond donors (Lipinski definition) is 2. The van der Waals surface area contributed by atoms with Crippen LogP contribution in [0.1, 0.15) is 31.4 Å². The van der Waals surface area contributed by atoms with E-state index < -0.39 is 0 Å². The van der Waals surface area contributed by atoms with E-state index in [-0.39, 0.29) is 0 Å². The van der Waals surface area contributed by atoms with Crippen LogP contribution < -0.4 is 10.6 Å². The largest absolute Gasteiger partial charge is 0.313 e. The van der Waals surface area contributed by atoms with Gasteiger partial charge in [-0.1, -0.05) is 23.7 Å². The highest BCUT2D eigenvalue weighted by Gasteiger charge is 2.14. The topological polar surface area (TPSA) is 24.1 Å². The maximum absolute atomic E-state index is 5.98. The molecule has 2 nitrogen and oxygen atoms in total. The Morgan fingerprint density at radius 3 is 3.12 bits per heavy atom. The first-order valence-electron chi connectivity index (χ1n) is 5.98. The zero-order valence-corrected chi connectivity index (χ0v) is 10.4. The smallest absolute Gasteiger partial charge is 0.0409 e. The second kappa shape index (κ2) is 5.67. The molecule has 1 unspecified atom stereocenters. The fraction of sp³-hybridized carbons (Fsp3) is 0.538. The maximum atomic E-state index is 5.98. The third-order valence-corrected chi connectivity index (χ3v) is 3.42. The lowest BCUT2D eigenvalue weighted by atomic mass is 10.1. The third-order valence-electron chi connectivity index (χ3n) is 3.18. The van der Waals surface area contributed by atoms with Crippen LogP contribution in [0.2, 0.25) is 5.02 Å².